The molecule has 0 aliphatic carbocycles. The molecule has 2 saturated heterocycles. The van der Waals surface area contributed by atoms with Gasteiger partial charge in [-0.25, -0.2) is 9.59 Å². The van der Waals surface area contributed by atoms with Crippen molar-refractivity contribution < 1.29 is 33.5 Å². The van der Waals surface area contributed by atoms with E-state index in [1.165, 1.54) is 0 Å². The summed E-state index contributed by atoms with van der Waals surface area (Å²) in [6, 6.07) is 0. The highest BCUT2D eigenvalue weighted by Crippen LogP contribution is 2.12. The molecule has 25 heavy (non-hydrogen) atoms. The average molecular weight is 398 g/mol. The summed E-state index contributed by atoms with van der Waals surface area (Å²) in [5.74, 6) is 0. The van der Waals surface area contributed by atoms with Gasteiger partial charge in [0, 0.05) is 26.2 Å². The van der Waals surface area contributed by atoms with E-state index < -0.39 is 12.2 Å². The van der Waals surface area contributed by atoms with Crippen molar-refractivity contribution in [2.24, 2.45) is 0 Å². The number of thiol groups is 2. The van der Waals surface area contributed by atoms with Gasteiger partial charge in [0.1, 0.15) is 13.2 Å². The van der Waals surface area contributed by atoms with E-state index in [9.17, 15) is 9.59 Å². The Hall–Kier alpha value is -0.960. The van der Waals surface area contributed by atoms with Gasteiger partial charge in [0.15, 0.2) is 11.1 Å². The predicted octanol–water partition coefficient (Wildman–Crippen LogP) is -0.623. The van der Waals surface area contributed by atoms with Crippen molar-refractivity contribution >= 4 is 37.4 Å². The summed E-state index contributed by atoms with van der Waals surface area (Å²) in [7, 11) is 0. The molecule has 2 N–H and O–H groups in total. The van der Waals surface area contributed by atoms with Crippen molar-refractivity contribution in [2.75, 3.05) is 52.6 Å². The van der Waals surface area contributed by atoms with Gasteiger partial charge < -0.3 is 18.9 Å². The van der Waals surface area contributed by atoms with Crippen molar-refractivity contribution in [3.05, 3.63) is 0 Å². The fourth-order valence-corrected chi connectivity index (χ4v) is 2.78. The maximum Gasteiger partial charge on any atom is 0.433 e. The van der Waals surface area contributed by atoms with Crippen LogP contribution in [0.2, 0.25) is 0 Å². The Labute approximate surface area is 155 Å². The zero-order chi connectivity index (χ0) is 18.1. The van der Waals surface area contributed by atoms with Gasteiger partial charge in [-0.2, -0.15) is 11.0 Å². The maximum absolute atomic E-state index is 11.4. The highest BCUT2D eigenvalue weighted by molar-refractivity contribution is 7.80. The summed E-state index contributed by atoms with van der Waals surface area (Å²) in [5.41, 5.74) is 3.23. The summed E-state index contributed by atoms with van der Waals surface area (Å²) in [4.78, 5) is 31.0. The first-order valence-electron chi connectivity index (χ1n) is 7.65. The Kier molecular flexibility index (Phi) is 8.88. The number of nitrogens with one attached hydrogen (secondary N) is 2. The van der Waals surface area contributed by atoms with E-state index in [1.807, 2.05) is 20.8 Å². The number of hydrogen-bond acceptors (Lipinski definition) is 11. The smallest absolute Gasteiger partial charge is 0.433 e. The number of hydrogen-bond donors (Lipinski definition) is 4. The summed E-state index contributed by atoms with van der Waals surface area (Å²) >= 11 is 8.40. The van der Waals surface area contributed by atoms with Crippen LogP contribution in [0.4, 0.5) is 9.59 Å². The minimum atomic E-state index is -0.844. The number of rotatable bonds is 8. The van der Waals surface area contributed by atoms with Gasteiger partial charge in [-0.1, -0.05) is 0 Å². The van der Waals surface area contributed by atoms with Crippen LogP contribution in [-0.2, 0) is 23.9 Å². The van der Waals surface area contributed by atoms with E-state index in [1.54, 1.807) is 0 Å². The molecular formula is C12H22N4O7S2. The standard InChI is InChI=1S/C12H22N4O7S2/c17-9(19-5-1-15-3-7-21-11(15)24)13-23-14-10(18)20-6-2-16-4-8-22-12(16)25/h11-12,24-25H,1-8H2,(H,13,17)(H,14,18). The van der Waals surface area contributed by atoms with Crippen molar-refractivity contribution in [3.8, 4) is 0 Å². The highest BCUT2D eigenvalue weighted by Gasteiger charge is 2.22. The molecule has 13 heteroatoms. The zero-order valence-electron chi connectivity index (χ0n) is 13.5. The third kappa shape index (κ3) is 7.43. The van der Waals surface area contributed by atoms with Crippen molar-refractivity contribution in [1.82, 2.24) is 20.8 Å². The first-order chi connectivity index (χ1) is 12.1. The molecule has 2 aliphatic rings. The Morgan fingerprint density at radius 3 is 1.72 bits per heavy atom. The van der Waals surface area contributed by atoms with Crippen molar-refractivity contribution in [3.63, 3.8) is 0 Å². The van der Waals surface area contributed by atoms with Gasteiger partial charge in [-0.15, -0.1) is 30.2 Å². The molecule has 2 unspecified atom stereocenters. The van der Waals surface area contributed by atoms with Crippen LogP contribution in [0.25, 0.3) is 0 Å². The van der Waals surface area contributed by atoms with E-state index >= 15 is 0 Å². The molecular weight excluding hydrogens is 376 g/mol. The SMILES string of the molecule is O=C(NONC(=O)OCCN1CCOC1S)OCCN1CCOC1S. The molecule has 2 aliphatic heterocycles. The largest absolute Gasteiger partial charge is 0.447 e. The molecule has 0 spiro atoms. The normalized spacial score (nSPS) is 24.2. The number of ether oxygens (including phenoxy) is 4. The quantitative estimate of drug-likeness (QED) is 0.314. The maximum atomic E-state index is 11.4. The monoisotopic (exact) mass is 398 g/mol. The molecule has 0 radical (unpaired) electrons. The Bertz CT molecular complexity index is 410. The summed E-state index contributed by atoms with van der Waals surface area (Å²) in [5, 5.41) is 0. The minimum absolute atomic E-state index is 0.128. The van der Waals surface area contributed by atoms with Crippen LogP contribution < -0.4 is 11.0 Å². The number of amides is 2. The Morgan fingerprint density at radius 1 is 0.920 bits per heavy atom. The van der Waals surface area contributed by atoms with Crippen LogP contribution in [0.15, 0.2) is 0 Å². The van der Waals surface area contributed by atoms with Crippen molar-refractivity contribution in [2.45, 2.75) is 11.1 Å². The van der Waals surface area contributed by atoms with Gasteiger partial charge in [-0.3, -0.25) is 9.80 Å². The Balaban J connectivity index is 1.44. The van der Waals surface area contributed by atoms with Crippen LogP contribution in [-0.4, -0.2) is 85.7 Å². The summed E-state index contributed by atoms with van der Waals surface area (Å²) in [6.07, 6.45) is -1.69. The molecule has 0 aromatic heterocycles. The molecule has 2 heterocycles. The minimum Gasteiger partial charge on any atom is -0.447 e. The van der Waals surface area contributed by atoms with Gasteiger partial charge in [0.05, 0.1) is 13.2 Å². The van der Waals surface area contributed by atoms with Gasteiger partial charge in [0.2, 0.25) is 0 Å². The van der Waals surface area contributed by atoms with Crippen LogP contribution in [0.5, 0.6) is 0 Å². The van der Waals surface area contributed by atoms with Crippen LogP contribution >= 0.6 is 25.3 Å². The molecule has 11 nitrogen and oxygen atoms in total. The van der Waals surface area contributed by atoms with E-state index in [2.05, 4.69) is 30.2 Å². The van der Waals surface area contributed by atoms with E-state index in [0.717, 1.165) is 13.1 Å². The van der Waals surface area contributed by atoms with Crippen LogP contribution in [0, 0.1) is 0 Å². The fraction of sp³-hybridized carbons (Fsp3) is 0.833. The van der Waals surface area contributed by atoms with Crippen LogP contribution in [0.3, 0.4) is 0 Å². The predicted molar refractivity (Wildman–Crippen MR) is 90.7 cm³/mol. The van der Waals surface area contributed by atoms with E-state index in [-0.39, 0.29) is 24.3 Å². The first-order valence-corrected chi connectivity index (χ1v) is 8.68. The van der Waals surface area contributed by atoms with E-state index in [0.29, 0.717) is 26.3 Å². The molecule has 2 rings (SSSR count). The molecule has 0 aromatic carbocycles. The van der Waals surface area contributed by atoms with Crippen LogP contribution in [0.1, 0.15) is 0 Å². The molecule has 2 atom stereocenters. The second-order valence-electron chi connectivity index (χ2n) is 5.04. The number of carbonyl (C=O) groups is 2. The molecule has 2 fully saturated rings. The van der Waals surface area contributed by atoms with Gasteiger partial charge >= 0.3 is 12.2 Å². The fourth-order valence-electron chi connectivity index (χ4n) is 2.11. The van der Waals surface area contributed by atoms with Gasteiger partial charge in [-0.05, 0) is 0 Å². The lowest BCUT2D eigenvalue weighted by Crippen LogP contribution is -2.38. The number of hydroxylamine groups is 2. The van der Waals surface area contributed by atoms with E-state index in [4.69, 9.17) is 18.9 Å². The second-order valence-corrected chi connectivity index (χ2v) is 5.93. The molecule has 0 aromatic rings. The number of carbonyl (C=O) groups excluding carboxylic acids is 2. The van der Waals surface area contributed by atoms with Crippen molar-refractivity contribution in [1.29, 1.82) is 0 Å². The summed E-state index contributed by atoms with van der Waals surface area (Å²) < 4.78 is 20.2. The second kappa shape index (κ2) is 10.9. The third-order valence-electron chi connectivity index (χ3n) is 3.41. The summed E-state index contributed by atoms with van der Waals surface area (Å²) in [6.45, 7) is 3.84. The zero-order valence-corrected chi connectivity index (χ0v) is 15.2. The number of nitrogens with zero attached hydrogens (tertiary/aromatic N) is 2. The Morgan fingerprint density at radius 2 is 1.36 bits per heavy atom. The molecule has 0 bridgehead atoms. The van der Waals surface area contributed by atoms with Gasteiger partial charge in [0.25, 0.3) is 0 Å². The first kappa shape index (κ1) is 20.4. The highest BCUT2D eigenvalue weighted by atomic mass is 32.1. The molecule has 144 valence electrons. The third-order valence-corrected chi connectivity index (χ3v) is 4.36. The lowest BCUT2D eigenvalue weighted by molar-refractivity contribution is -0.0345. The average Bonchev–Trinajstić information content (AvgIpc) is 3.16. The topological polar surface area (TPSA) is 111 Å². The molecule has 2 amide bonds. The lowest BCUT2D eigenvalue weighted by atomic mass is 10.5. The molecule has 0 saturated carbocycles. The lowest BCUT2D eigenvalue weighted by Gasteiger charge is -2.18.